The highest BCUT2D eigenvalue weighted by molar-refractivity contribution is 7.98. The van der Waals surface area contributed by atoms with Crippen molar-refractivity contribution in [2.45, 2.75) is 17.9 Å². The molecule has 26 heavy (non-hydrogen) atoms. The number of alkyl halides is 2. The first-order chi connectivity index (χ1) is 12.5. The molecule has 0 fully saturated rings. The average molecular weight is 393 g/mol. The van der Waals surface area contributed by atoms with Crippen molar-refractivity contribution in [2.24, 2.45) is 0 Å². The number of benzene rings is 2. The van der Waals surface area contributed by atoms with Gasteiger partial charge in [0.15, 0.2) is 0 Å². The highest BCUT2D eigenvalue weighted by Gasteiger charge is 2.19. The molecule has 3 nitrogen and oxygen atoms in total. The van der Waals surface area contributed by atoms with Crippen LogP contribution in [-0.2, 0) is 6.54 Å². The molecule has 0 radical (unpaired) electrons. The molecule has 0 aliphatic rings. The number of halogens is 3. The van der Waals surface area contributed by atoms with Crippen molar-refractivity contribution in [3.8, 4) is 11.8 Å². The molecular weight excluding hydrogens is 378 g/mol. The molecule has 0 bridgehead atoms. The normalized spacial score (nSPS) is 11.1. The summed E-state index contributed by atoms with van der Waals surface area (Å²) in [4.78, 5) is 1.12. The molecule has 0 amide bonds. The fraction of sp³-hybridized carbons (Fsp3) is 0.211. The van der Waals surface area contributed by atoms with Gasteiger partial charge in [0.2, 0.25) is 0 Å². The van der Waals surface area contributed by atoms with Gasteiger partial charge in [-0.15, -0.1) is 11.8 Å². The quantitative estimate of drug-likeness (QED) is 0.490. The van der Waals surface area contributed by atoms with Crippen LogP contribution in [0.2, 0.25) is 5.02 Å². The van der Waals surface area contributed by atoms with Crippen LogP contribution in [0.3, 0.4) is 0 Å². The van der Waals surface area contributed by atoms with E-state index < -0.39 is 6.43 Å². The number of aromatic nitrogens is 1. The van der Waals surface area contributed by atoms with Gasteiger partial charge in [-0.05, 0) is 48.7 Å². The lowest BCUT2D eigenvalue weighted by molar-refractivity contribution is 0.140. The van der Waals surface area contributed by atoms with Crippen LogP contribution < -0.4 is 4.74 Å². The average Bonchev–Trinajstić information content (AvgIpc) is 3.02. The second-order valence-corrected chi connectivity index (χ2v) is 6.77. The summed E-state index contributed by atoms with van der Waals surface area (Å²) in [5.74, 6) is 0.683. The number of fused-ring (bicyclic) bond motifs is 1. The van der Waals surface area contributed by atoms with Crippen LogP contribution >= 0.6 is 23.4 Å². The molecule has 0 atom stereocenters. The Hall–Kier alpha value is -2.23. The number of thioether (sulfide) groups is 1. The maximum Gasteiger partial charge on any atom is 0.278 e. The summed E-state index contributed by atoms with van der Waals surface area (Å²) >= 11 is 7.81. The van der Waals surface area contributed by atoms with Crippen LogP contribution in [0.25, 0.3) is 10.9 Å². The fourth-order valence-electron chi connectivity index (χ4n) is 2.76. The largest absolute Gasteiger partial charge is 0.492 e. The van der Waals surface area contributed by atoms with E-state index >= 15 is 0 Å². The molecule has 7 heteroatoms. The predicted molar refractivity (Wildman–Crippen MR) is 100 cm³/mol. The SMILES string of the molecule is CSc1ccc(OCCn2c(C(F)F)cc3c(Cl)c(C#N)ccc32)cc1. The van der Waals surface area contributed by atoms with Crippen LogP contribution in [0.1, 0.15) is 17.7 Å². The summed E-state index contributed by atoms with van der Waals surface area (Å²) in [7, 11) is 0. The number of ether oxygens (including phenoxy) is 1. The van der Waals surface area contributed by atoms with Crippen molar-refractivity contribution in [2.75, 3.05) is 12.9 Å². The zero-order valence-corrected chi connectivity index (χ0v) is 15.5. The lowest BCUT2D eigenvalue weighted by Gasteiger charge is -2.12. The second kappa shape index (κ2) is 7.98. The fourth-order valence-corrected chi connectivity index (χ4v) is 3.43. The van der Waals surface area contributed by atoms with Gasteiger partial charge in [-0.2, -0.15) is 5.26 Å². The summed E-state index contributed by atoms with van der Waals surface area (Å²) in [6.07, 6.45) is -0.660. The van der Waals surface area contributed by atoms with Gasteiger partial charge in [0.1, 0.15) is 18.4 Å². The Morgan fingerprint density at radius 1 is 1.23 bits per heavy atom. The van der Waals surface area contributed by atoms with E-state index in [4.69, 9.17) is 21.6 Å². The first kappa shape index (κ1) is 18.6. The Kier molecular flexibility index (Phi) is 5.70. The number of hydrogen-bond acceptors (Lipinski definition) is 3. The molecule has 0 saturated carbocycles. The molecule has 1 aromatic heterocycles. The molecule has 2 aromatic carbocycles. The van der Waals surface area contributed by atoms with Gasteiger partial charge in [0.05, 0.1) is 28.3 Å². The van der Waals surface area contributed by atoms with E-state index in [1.165, 1.54) is 10.6 Å². The number of nitriles is 1. The maximum absolute atomic E-state index is 13.4. The topological polar surface area (TPSA) is 38.0 Å². The molecule has 0 N–H and O–H groups in total. The van der Waals surface area contributed by atoms with E-state index in [1.807, 2.05) is 36.6 Å². The van der Waals surface area contributed by atoms with Gasteiger partial charge in [0.25, 0.3) is 6.43 Å². The zero-order chi connectivity index (χ0) is 18.7. The number of nitrogens with zero attached hydrogens (tertiary/aromatic N) is 2. The molecule has 134 valence electrons. The minimum atomic E-state index is -2.65. The van der Waals surface area contributed by atoms with Crippen LogP contribution in [-0.4, -0.2) is 17.4 Å². The standard InChI is InChI=1S/C19H15ClF2N2OS/c1-26-14-5-3-13(4-6-14)25-9-8-24-16-7-2-12(11-23)18(20)15(16)10-17(24)19(21)22/h2-7,10,19H,8-9H2,1H3. The predicted octanol–water partition coefficient (Wildman–Crippen LogP) is 5.90. The molecule has 0 aliphatic carbocycles. The van der Waals surface area contributed by atoms with Crippen molar-refractivity contribution in [3.05, 3.63) is 58.7 Å². The van der Waals surface area contributed by atoms with E-state index in [-0.39, 0.29) is 29.4 Å². The monoisotopic (exact) mass is 392 g/mol. The van der Waals surface area contributed by atoms with Crippen molar-refractivity contribution < 1.29 is 13.5 Å². The first-order valence-electron chi connectivity index (χ1n) is 7.82. The number of rotatable bonds is 6. The van der Waals surface area contributed by atoms with E-state index in [0.29, 0.717) is 16.7 Å². The van der Waals surface area contributed by atoms with Crippen LogP contribution in [0.4, 0.5) is 8.78 Å². The molecule has 0 saturated heterocycles. The van der Waals surface area contributed by atoms with E-state index in [2.05, 4.69) is 0 Å². The second-order valence-electron chi connectivity index (χ2n) is 5.52. The highest BCUT2D eigenvalue weighted by Crippen LogP contribution is 2.33. The van der Waals surface area contributed by atoms with Gasteiger partial charge in [0, 0.05) is 10.3 Å². The smallest absolute Gasteiger partial charge is 0.278 e. The third-order valence-corrected chi connectivity index (χ3v) is 5.19. The Labute approximate surface area is 159 Å². The maximum atomic E-state index is 13.4. The van der Waals surface area contributed by atoms with Gasteiger partial charge >= 0.3 is 0 Å². The van der Waals surface area contributed by atoms with E-state index in [0.717, 1.165) is 4.90 Å². The van der Waals surface area contributed by atoms with Gasteiger partial charge < -0.3 is 9.30 Å². The van der Waals surface area contributed by atoms with Crippen molar-refractivity contribution in [3.63, 3.8) is 0 Å². The first-order valence-corrected chi connectivity index (χ1v) is 9.42. The van der Waals surface area contributed by atoms with Crippen LogP contribution in [0.15, 0.2) is 47.4 Å². The molecule has 0 spiro atoms. The molecule has 0 unspecified atom stereocenters. The molecule has 3 rings (SSSR count). The summed E-state index contributed by atoms with van der Waals surface area (Å²) < 4.78 is 34.0. The molecule has 3 aromatic rings. The summed E-state index contributed by atoms with van der Waals surface area (Å²) in [6, 6.07) is 14.1. The van der Waals surface area contributed by atoms with Crippen LogP contribution in [0, 0.1) is 11.3 Å². The molecule has 0 aliphatic heterocycles. The Bertz CT molecular complexity index is 964. The van der Waals surface area contributed by atoms with Gasteiger partial charge in [-0.1, -0.05) is 11.6 Å². The third kappa shape index (κ3) is 3.64. The lowest BCUT2D eigenvalue weighted by atomic mass is 10.1. The Balaban J connectivity index is 1.85. The van der Waals surface area contributed by atoms with E-state index in [1.54, 1.807) is 23.9 Å². The van der Waals surface area contributed by atoms with Crippen molar-refractivity contribution in [1.82, 2.24) is 4.57 Å². The molecular formula is C19H15ClF2N2OS. The summed E-state index contributed by atoms with van der Waals surface area (Å²) in [6.45, 7) is 0.482. The lowest BCUT2D eigenvalue weighted by Crippen LogP contribution is -2.11. The van der Waals surface area contributed by atoms with Gasteiger partial charge in [-0.3, -0.25) is 0 Å². The number of hydrogen-bond donors (Lipinski definition) is 0. The van der Waals surface area contributed by atoms with Crippen LogP contribution in [0.5, 0.6) is 5.75 Å². The minimum Gasteiger partial charge on any atom is -0.492 e. The van der Waals surface area contributed by atoms with E-state index in [9.17, 15) is 8.78 Å². The Morgan fingerprint density at radius 2 is 1.96 bits per heavy atom. The summed E-state index contributed by atoms with van der Waals surface area (Å²) in [5, 5.41) is 9.70. The third-order valence-electron chi connectivity index (χ3n) is 4.04. The Morgan fingerprint density at radius 3 is 2.58 bits per heavy atom. The van der Waals surface area contributed by atoms with Crippen molar-refractivity contribution >= 4 is 34.3 Å². The zero-order valence-electron chi connectivity index (χ0n) is 13.9. The highest BCUT2D eigenvalue weighted by atomic mass is 35.5. The van der Waals surface area contributed by atoms with Crippen molar-refractivity contribution in [1.29, 1.82) is 5.26 Å². The summed E-state index contributed by atoms with van der Waals surface area (Å²) in [5.41, 5.74) is 0.686. The molecule has 1 heterocycles. The minimum absolute atomic E-state index is 0.140. The van der Waals surface area contributed by atoms with Gasteiger partial charge in [-0.25, -0.2) is 8.78 Å².